The highest BCUT2D eigenvalue weighted by Gasteiger charge is 2.16. The van der Waals surface area contributed by atoms with E-state index in [1.807, 2.05) is 13.8 Å². The van der Waals surface area contributed by atoms with Gasteiger partial charge >= 0.3 is 0 Å². The van der Waals surface area contributed by atoms with Crippen molar-refractivity contribution in [2.24, 2.45) is 0 Å². The molecule has 0 amide bonds. The molecule has 2 nitrogen and oxygen atoms in total. The Labute approximate surface area is 124 Å². The van der Waals surface area contributed by atoms with Crippen molar-refractivity contribution >= 4 is 17.1 Å². The van der Waals surface area contributed by atoms with E-state index in [1.54, 1.807) is 0 Å². The number of carbonyl (C=O) groups is 1. The topological polar surface area (TPSA) is 30.0 Å². The maximum atomic E-state index is 12.3. The van der Waals surface area contributed by atoms with E-state index in [9.17, 15) is 4.79 Å². The summed E-state index contributed by atoms with van der Waals surface area (Å²) in [6.45, 7) is 10.4. The smallest absolute Gasteiger partial charge is 0.179 e. The molecule has 1 aromatic carbocycles. The first-order valence-corrected chi connectivity index (χ1v) is 7.65. The predicted molar refractivity (Wildman–Crippen MR) is 84.8 cm³/mol. The van der Waals surface area contributed by atoms with Crippen molar-refractivity contribution < 1.29 is 4.79 Å². The number of aromatic nitrogens is 1. The van der Waals surface area contributed by atoms with Crippen molar-refractivity contribution in [3.05, 3.63) is 51.0 Å². The van der Waals surface area contributed by atoms with Gasteiger partial charge < -0.3 is 0 Å². The molecule has 0 fully saturated rings. The normalized spacial score (nSPS) is 11.7. The number of ketones is 1. The van der Waals surface area contributed by atoms with Crippen LogP contribution in [0.2, 0.25) is 0 Å². The molecular weight excluding hydrogens is 266 g/mol. The lowest BCUT2D eigenvalue weighted by molar-refractivity contribution is 0.0996. The summed E-state index contributed by atoms with van der Waals surface area (Å²) in [5.74, 6) is 0.164. The fourth-order valence-corrected chi connectivity index (χ4v) is 3.04. The average Bonchev–Trinajstić information content (AvgIpc) is 2.68. The fourth-order valence-electron chi connectivity index (χ4n) is 2.18. The van der Waals surface area contributed by atoms with Gasteiger partial charge in [-0.05, 0) is 30.4 Å². The minimum atomic E-state index is 0.147. The third-order valence-corrected chi connectivity index (χ3v) is 4.46. The lowest BCUT2D eigenvalue weighted by atomic mass is 9.86. The first-order chi connectivity index (χ1) is 9.27. The summed E-state index contributed by atoms with van der Waals surface area (Å²) < 4.78 is 0. The van der Waals surface area contributed by atoms with Crippen LogP contribution in [0, 0.1) is 13.8 Å². The Morgan fingerprint density at radius 2 is 1.75 bits per heavy atom. The quantitative estimate of drug-likeness (QED) is 0.779. The molecule has 20 heavy (non-hydrogen) atoms. The second kappa shape index (κ2) is 5.49. The van der Waals surface area contributed by atoms with Crippen LogP contribution in [0.3, 0.4) is 0 Å². The van der Waals surface area contributed by atoms with Crippen LogP contribution in [-0.2, 0) is 11.8 Å². The number of thiazole rings is 1. The zero-order valence-corrected chi connectivity index (χ0v) is 13.6. The van der Waals surface area contributed by atoms with E-state index in [0.29, 0.717) is 6.42 Å². The van der Waals surface area contributed by atoms with Gasteiger partial charge in [0.1, 0.15) is 0 Å². The molecule has 0 aliphatic carbocycles. The van der Waals surface area contributed by atoms with E-state index in [-0.39, 0.29) is 11.2 Å². The highest BCUT2D eigenvalue weighted by Crippen LogP contribution is 2.23. The summed E-state index contributed by atoms with van der Waals surface area (Å²) in [5.41, 5.74) is 3.35. The van der Waals surface area contributed by atoms with E-state index in [0.717, 1.165) is 21.1 Å². The molecular formula is C17H21NOS. The molecule has 2 rings (SSSR count). The lowest BCUT2D eigenvalue weighted by Gasteiger charge is -2.19. The van der Waals surface area contributed by atoms with Gasteiger partial charge in [0.25, 0.3) is 0 Å². The van der Waals surface area contributed by atoms with Crippen LogP contribution >= 0.6 is 11.3 Å². The molecule has 0 atom stereocenters. The number of Topliss-reactive ketones (excluding diaryl/α,β-unsaturated/α-hetero) is 1. The van der Waals surface area contributed by atoms with Crippen molar-refractivity contribution in [2.45, 2.75) is 46.5 Å². The number of nitrogens with zero attached hydrogens (tertiary/aromatic N) is 1. The minimum Gasteiger partial charge on any atom is -0.293 e. The van der Waals surface area contributed by atoms with Gasteiger partial charge in [0.2, 0.25) is 0 Å². The zero-order chi connectivity index (χ0) is 14.9. The summed E-state index contributed by atoms with van der Waals surface area (Å²) in [5, 5.41) is 0.953. The first-order valence-electron chi connectivity index (χ1n) is 6.84. The summed E-state index contributed by atoms with van der Waals surface area (Å²) in [7, 11) is 0. The van der Waals surface area contributed by atoms with Crippen LogP contribution in [0.15, 0.2) is 24.3 Å². The molecule has 0 N–H and O–H groups in total. The molecule has 0 radical (unpaired) electrons. The molecule has 0 saturated heterocycles. The maximum Gasteiger partial charge on any atom is 0.179 e. The molecule has 0 spiro atoms. The molecule has 0 saturated carbocycles. The van der Waals surface area contributed by atoms with Gasteiger partial charge in [-0.2, -0.15) is 0 Å². The fraction of sp³-hybridized carbons (Fsp3) is 0.412. The highest BCUT2D eigenvalue weighted by atomic mass is 32.1. The molecule has 3 heteroatoms. The van der Waals surface area contributed by atoms with E-state index < -0.39 is 0 Å². The van der Waals surface area contributed by atoms with Crippen LogP contribution in [0.4, 0.5) is 0 Å². The zero-order valence-electron chi connectivity index (χ0n) is 12.8. The largest absolute Gasteiger partial charge is 0.293 e. The summed E-state index contributed by atoms with van der Waals surface area (Å²) >= 11 is 1.49. The van der Waals surface area contributed by atoms with Crippen molar-refractivity contribution in [3.63, 3.8) is 0 Å². The standard InChI is InChI=1S/C17H21NOS/c1-11-16(20-12(2)18-11)15(19)10-13-6-8-14(9-7-13)17(3,4)5/h6-9H,10H2,1-5H3. The minimum absolute atomic E-state index is 0.147. The van der Waals surface area contributed by atoms with Crippen molar-refractivity contribution in [1.29, 1.82) is 0 Å². The molecule has 1 aromatic heterocycles. The lowest BCUT2D eigenvalue weighted by Crippen LogP contribution is -2.11. The second-order valence-corrected chi connectivity index (χ2v) is 7.40. The van der Waals surface area contributed by atoms with Gasteiger partial charge in [0.15, 0.2) is 5.78 Å². The number of hydrogen-bond acceptors (Lipinski definition) is 3. The Bertz CT molecular complexity index is 617. The number of rotatable bonds is 3. The number of benzene rings is 1. The summed E-state index contributed by atoms with van der Waals surface area (Å²) in [6.07, 6.45) is 0.451. The van der Waals surface area contributed by atoms with Crippen molar-refractivity contribution in [1.82, 2.24) is 4.98 Å². The van der Waals surface area contributed by atoms with Crippen LogP contribution in [0.1, 0.15) is 52.3 Å². The molecule has 0 bridgehead atoms. The Morgan fingerprint density at radius 3 is 2.20 bits per heavy atom. The Kier molecular flexibility index (Phi) is 4.09. The molecule has 0 unspecified atom stereocenters. The summed E-state index contributed by atoms with van der Waals surface area (Å²) in [4.78, 5) is 17.4. The average molecular weight is 287 g/mol. The van der Waals surface area contributed by atoms with Gasteiger partial charge in [-0.15, -0.1) is 11.3 Å². The number of carbonyl (C=O) groups excluding carboxylic acids is 1. The van der Waals surface area contributed by atoms with E-state index in [1.165, 1.54) is 16.9 Å². The van der Waals surface area contributed by atoms with Crippen LogP contribution in [-0.4, -0.2) is 10.8 Å². The van der Waals surface area contributed by atoms with Gasteiger partial charge in [-0.25, -0.2) is 4.98 Å². The molecule has 0 aliphatic rings. The van der Waals surface area contributed by atoms with Gasteiger partial charge in [0, 0.05) is 6.42 Å². The van der Waals surface area contributed by atoms with Crippen LogP contribution in [0.25, 0.3) is 0 Å². The Hall–Kier alpha value is -1.48. The van der Waals surface area contributed by atoms with Gasteiger partial charge in [0.05, 0.1) is 15.6 Å². The maximum absolute atomic E-state index is 12.3. The van der Waals surface area contributed by atoms with E-state index in [2.05, 4.69) is 50.0 Å². The molecule has 2 aromatic rings. The van der Waals surface area contributed by atoms with E-state index >= 15 is 0 Å². The number of aryl methyl sites for hydroxylation is 2. The SMILES string of the molecule is Cc1nc(C)c(C(=O)Cc2ccc(C(C)(C)C)cc2)s1. The first kappa shape index (κ1) is 14.9. The molecule has 1 heterocycles. The Balaban J connectivity index is 2.14. The third-order valence-electron chi connectivity index (χ3n) is 3.34. The number of hydrogen-bond donors (Lipinski definition) is 0. The van der Waals surface area contributed by atoms with E-state index in [4.69, 9.17) is 0 Å². The Morgan fingerprint density at radius 1 is 1.15 bits per heavy atom. The van der Waals surface area contributed by atoms with Gasteiger partial charge in [-0.3, -0.25) is 4.79 Å². The second-order valence-electron chi connectivity index (χ2n) is 6.19. The third kappa shape index (κ3) is 3.34. The molecule has 0 aliphatic heterocycles. The summed E-state index contributed by atoms with van der Waals surface area (Å²) in [6, 6.07) is 8.35. The molecule has 106 valence electrons. The van der Waals surface area contributed by atoms with Crippen LogP contribution in [0.5, 0.6) is 0 Å². The predicted octanol–water partition coefficient (Wildman–Crippen LogP) is 4.48. The monoisotopic (exact) mass is 287 g/mol. The van der Waals surface area contributed by atoms with Crippen molar-refractivity contribution in [2.75, 3.05) is 0 Å². The highest BCUT2D eigenvalue weighted by molar-refractivity contribution is 7.13. The van der Waals surface area contributed by atoms with Crippen LogP contribution < -0.4 is 0 Å². The van der Waals surface area contributed by atoms with Crippen molar-refractivity contribution in [3.8, 4) is 0 Å². The van der Waals surface area contributed by atoms with Gasteiger partial charge in [-0.1, -0.05) is 45.0 Å².